The Morgan fingerprint density at radius 3 is 2.14 bits per heavy atom. The molecule has 6 nitrogen and oxygen atoms in total. The van der Waals surface area contributed by atoms with Crippen LogP contribution in [0.4, 0.5) is 4.79 Å². The maximum absolute atomic E-state index is 12.6. The van der Waals surface area contributed by atoms with Crippen LogP contribution < -0.4 is 5.32 Å². The van der Waals surface area contributed by atoms with E-state index in [1.807, 2.05) is 31.2 Å². The molecule has 1 N–H and O–H groups in total. The summed E-state index contributed by atoms with van der Waals surface area (Å²) in [6.07, 6.45) is 2.04. The first-order valence-electron chi connectivity index (χ1n) is 9.08. The quantitative estimate of drug-likeness (QED) is 0.738. The highest BCUT2D eigenvalue weighted by Gasteiger charge is 2.13. The third-order valence-corrected chi connectivity index (χ3v) is 4.99. The van der Waals surface area contributed by atoms with E-state index in [2.05, 4.69) is 11.4 Å². The van der Waals surface area contributed by atoms with Crippen LogP contribution in [-0.2, 0) is 28.7 Å². The molecule has 0 saturated heterocycles. The van der Waals surface area contributed by atoms with Crippen LogP contribution in [0.25, 0.3) is 0 Å². The number of carbonyl (C=O) groups excluding carboxylic acids is 1. The Hall–Kier alpha value is -2.85. The fourth-order valence-electron chi connectivity index (χ4n) is 2.77. The molecule has 0 unspecified atom stereocenters. The van der Waals surface area contributed by atoms with Crippen LogP contribution >= 0.6 is 0 Å². The minimum Gasteiger partial charge on any atom is -0.334 e. The second-order valence-corrected chi connectivity index (χ2v) is 8.92. The van der Waals surface area contributed by atoms with Gasteiger partial charge in [-0.05, 0) is 35.2 Å². The molecule has 28 heavy (non-hydrogen) atoms. The van der Waals surface area contributed by atoms with Crippen molar-refractivity contribution in [2.24, 2.45) is 0 Å². The summed E-state index contributed by atoms with van der Waals surface area (Å²) < 4.78 is 22.7. The lowest BCUT2D eigenvalue weighted by molar-refractivity contribution is 0.194. The number of benzene rings is 2. The molecule has 0 heterocycles. The first-order valence-corrected chi connectivity index (χ1v) is 11.1. The monoisotopic (exact) mass is 399 g/mol. The predicted molar refractivity (Wildman–Crippen MR) is 109 cm³/mol. The number of nitrogens with one attached hydrogen (secondary N) is 1. The van der Waals surface area contributed by atoms with Gasteiger partial charge < -0.3 is 10.2 Å². The van der Waals surface area contributed by atoms with Gasteiger partial charge in [0.2, 0.25) is 0 Å². The number of carbonyl (C=O) groups is 1. The summed E-state index contributed by atoms with van der Waals surface area (Å²) in [7, 11) is -3.06. The molecular weight excluding hydrogens is 374 g/mol. The molecule has 2 rings (SSSR count). The number of nitriles is 1. The Kier molecular flexibility index (Phi) is 7.59. The molecule has 0 aromatic heterocycles. The van der Waals surface area contributed by atoms with Gasteiger partial charge in [0, 0.05) is 25.9 Å². The highest BCUT2D eigenvalue weighted by Crippen LogP contribution is 2.10. The molecular formula is C21H25N3O3S. The summed E-state index contributed by atoms with van der Waals surface area (Å²) in [5, 5.41) is 11.8. The van der Waals surface area contributed by atoms with Crippen molar-refractivity contribution >= 4 is 15.9 Å². The lowest BCUT2D eigenvalue weighted by atomic mass is 10.1. The van der Waals surface area contributed by atoms with E-state index in [0.717, 1.165) is 23.1 Å². The van der Waals surface area contributed by atoms with Crippen molar-refractivity contribution in [1.82, 2.24) is 10.2 Å². The Morgan fingerprint density at radius 2 is 1.61 bits per heavy atom. The van der Waals surface area contributed by atoms with E-state index in [1.165, 1.54) is 6.26 Å². The van der Waals surface area contributed by atoms with Crippen molar-refractivity contribution in [2.45, 2.75) is 32.2 Å². The van der Waals surface area contributed by atoms with Crippen molar-refractivity contribution in [3.63, 3.8) is 0 Å². The summed E-state index contributed by atoms with van der Waals surface area (Å²) in [6.45, 7) is 3.48. The Bertz CT molecular complexity index is 930. The molecule has 0 spiro atoms. The third kappa shape index (κ3) is 7.05. The molecule has 0 atom stereocenters. The van der Waals surface area contributed by atoms with Gasteiger partial charge in [0.05, 0.1) is 17.4 Å². The Morgan fingerprint density at radius 1 is 1.04 bits per heavy atom. The summed E-state index contributed by atoms with van der Waals surface area (Å²) in [4.78, 5) is 14.3. The number of hydrogen-bond donors (Lipinski definition) is 1. The van der Waals surface area contributed by atoms with E-state index in [9.17, 15) is 13.2 Å². The average molecular weight is 400 g/mol. The first-order chi connectivity index (χ1) is 13.3. The summed E-state index contributed by atoms with van der Waals surface area (Å²) >= 11 is 0. The van der Waals surface area contributed by atoms with Crippen molar-refractivity contribution in [3.05, 3.63) is 70.8 Å². The highest BCUT2D eigenvalue weighted by molar-refractivity contribution is 7.89. The zero-order chi connectivity index (χ0) is 20.6. The maximum atomic E-state index is 12.6. The highest BCUT2D eigenvalue weighted by atomic mass is 32.2. The topological polar surface area (TPSA) is 90.3 Å². The molecule has 0 radical (unpaired) electrons. The lowest BCUT2D eigenvalue weighted by Gasteiger charge is -2.23. The standard InChI is InChI=1S/C21H25N3O3S/c1-3-12-24(15-19-8-4-17(13-22)5-9-19)21(25)23-14-18-6-10-20(11-7-18)16-28(2,26)27/h4-11H,3,12,14-16H2,1-2H3,(H,23,25). The van der Waals surface area contributed by atoms with Gasteiger partial charge in [-0.2, -0.15) is 5.26 Å². The summed E-state index contributed by atoms with van der Waals surface area (Å²) in [5.41, 5.74) is 3.19. The lowest BCUT2D eigenvalue weighted by Crippen LogP contribution is -2.39. The predicted octanol–water partition coefficient (Wildman–Crippen LogP) is 3.22. The zero-order valence-corrected chi connectivity index (χ0v) is 17.0. The maximum Gasteiger partial charge on any atom is 0.317 e. The first kappa shape index (κ1) is 21.5. The number of urea groups is 1. The Labute approximate surface area is 166 Å². The van der Waals surface area contributed by atoms with Crippen molar-refractivity contribution in [1.29, 1.82) is 5.26 Å². The minimum atomic E-state index is -3.06. The average Bonchev–Trinajstić information content (AvgIpc) is 2.66. The number of sulfone groups is 1. The van der Waals surface area contributed by atoms with Crippen molar-refractivity contribution in [2.75, 3.05) is 12.8 Å². The molecule has 0 aliphatic carbocycles. The molecule has 2 aromatic rings. The number of amides is 2. The van der Waals surface area contributed by atoms with Crippen LogP contribution in [0.5, 0.6) is 0 Å². The van der Waals surface area contributed by atoms with Crippen LogP contribution in [0.3, 0.4) is 0 Å². The molecule has 2 amide bonds. The van der Waals surface area contributed by atoms with Gasteiger partial charge in [0.25, 0.3) is 0 Å². The second-order valence-electron chi connectivity index (χ2n) is 6.78. The second kappa shape index (κ2) is 9.90. The van der Waals surface area contributed by atoms with E-state index in [4.69, 9.17) is 5.26 Å². The molecule has 2 aromatic carbocycles. The van der Waals surface area contributed by atoms with Gasteiger partial charge in [-0.3, -0.25) is 0 Å². The fourth-order valence-corrected chi connectivity index (χ4v) is 3.57. The van der Waals surface area contributed by atoms with Gasteiger partial charge >= 0.3 is 6.03 Å². The molecule has 0 aliphatic rings. The molecule has 0 fully saturated rings. The normalized spacial score (nSPS) is 10.9. The summed E-state index contributed by atoms with van der Waals surface area (Å²) in [6, 6.07) is 16.3. The van der Waals surface area contributed by atoms with Gasteiger partial charge in [0.15, 0.2) is 9.84 Å². The number of rotatable bonds is 8. The largest absolute Gasteiger partial charge is 0.334 e. The molecule has 0 bridgehead atoms. The SMILES string of the molecule is CCCN(Cc1ccc(C#N)cc1)C(=O)NCc1ccc(CS(C)(=O)=O)cc1. The summed E-state index contributed by atoms with van der Waals surface area (Å²) in [5.74, 6) is 0.00844. The van der Waals surface area contributed by atoms with E-state index in [0.29, 0.717) is 25.2 Å². The van der Waals surface area contributed by atoms with Gasteiger partial charge in [-0.15, -0.1) is 0 Å². The van der Waals surface area contributed by atoms with E-state index < -0.39 is 9.84 Å². The van der Waals surface area contributed by atoms with Crippen LogP contribution in [0.2, 0.25) is 0 Å². The van der Waals surface area contributed by atoms with E-state index >= 15 is 0 Å². The van der Waals surface area contributed by atoms with E-state index in [-0.39, 0.29) is 11.8 Å². The van der Waals surface area contributed by atoms with Gasteiger partial charge in [-0.25, -0.2) is 13.2 Å². The number of nitrogens with zero attached hydrogens (tertiary/aromatic N) is 2. The number of hydrogen-bond acceptors (Lipinski definition) is 4. The van der Waals surface area contributed by atoms with Crippen molar-refractivity contribution in [3.8, 4) is 6.07 Å². The smallest absolute Gasteiger partial charge is 0.317 e. The Balaban J connectivity index is 1.95. The molecule has 148 valence electrons. The van der Waals surface area contributed by atoms with Gasteiger partial charge in [-0.1, -0.05) is 43.3 Å². The third-order valence-electron chi connectivity index (χ3n) is 4.13. The van der Waals surface area contributed by atoms with Crippen LogP contribution in [0.15, 0.2) is 48.5 Å². The molecule has 0 aliphatic heterocycles. The van der Waals surface area contributed by atoms with Gasteiger partial charge in [0.1, 0.15) is 0 Å². The van der Waals surface area contributed by atoms with E-state index in [1.54, 1.807) is 29.2 Å². The van der Waals surface area contributed by atoms with Crippen LogP contribution in [0.1, 0.15) is 35.6 Å². The molecule has 7 heteroatoms. The van der Waals surface area contributed by atoms with Crippen molar-refractivity contribution < 1.29 is 13.2 Å². The van der Waals surface area contributed by atoms with Crippen LogP contribution in [-0.4, -0.2) is 32.1 Å². The minimum absolute atomic E-state index is 0.00844. The zero-order valence-electron chi connectivity index (χ0n) is 16.2. The molecule has 0 saturated carbocycles. The van der Waals surface area contributed by atoms with Crippen LogP contribution in [0, 0.1) is 11.3 Å². The fraction of sp³-hybridized carbons (Fsp3) is 0.333.